The lowest BCUT2D eigenvalue weighted by Crippen LogP contribution is -2.56. The number of hydrogen-bond acceptors (Lipinski definition) is 6. The molecule has 27 heavy (non-hydrogen) atoms. The zero-order valence-electron chi connectivity index (χ0n) is 15.0. The van der Waals surface area contributed by atoms with Gasteiger partial charge in [0.25, 0.3) is 0 Å². The number of hydrogen-bond donors (Lipinski definition) is 0. The molecule has 2 aromatic rings. The Hall–Kier alpha value is -2.25. The molecule has 6 heteroatoms. The monoisotopic (exact) mass is 370 g/mol. The van der Waals surface area contributed by atoms with E-state index in [-0.39, 0.29) is 12.1 Å². The molecule has 1 unspecified atom stereocenters. The van der Waals surface area contributed by atoms with Crippen LogP contribution in [0.25, 0.3) is 0 Å². The summed E-state index contributed by atoms with van der Waals surface area (Å²) in [6.07, 6.45) is -1.87. The van der Waals surface area contributed by atoms with E-state index in [0.29, 0.717) is 18.6 Å². The fraction of sp³-hybridized carbons (Fsp3) is 0.381. The first kappa shape index (κ1) is 18.1. The van der Waals surface area contributed by atoms with Gasteiger partial charge in [0.2, 0.25) is 0 Å². The highest BCUT2D eigenvalue weighted by atomic mass is 16.7. The quantitative estimate of drug-likeness (QED) is 0.771. The molecule has 0 aromatic heterocycles. The Bertz CT molecular complexity index is 750. The number of fused-ring (bicyclic) bond motifs is 1. The van der Waals surface area contributed by atoms with E-state index in [0.717, 1.165) is 5.56 Å². The molecule has 0 amide bonds. The van der Waals surface area contributed by atoms with Gasteiger partial charge in [0, 0.05) is 19.1 Å². The summed E-state index contributed by atoms with van der Waals surface area (Å²) in [5, 5.41) is 0. The highest BCUT2D eigenvalue weighted by Gasteiger charge is 2.46. The molecule has 4 rings (SSSR count). The molecular formula is C21H22O6. The van der Waals surface area contributed by atoms with Crippen LogP contribution in [0.4, 0.5) is 0 Å². The minimum Gasteiger partial charge on any atom is -0.456 e. The molecule has 0 aliphatic carbocycles. The second-order valence-electron chi connectivity index (χ2n) is 6.56. The summed E-state index contributed by atoms with van der Waals surface area (Å²) in [7, 11) is 1.57. The number of rotatable bonds is 4. The maximum absolute atomic E-state index is 12.5. The van der Waals surface area contributed by atoms with Gasteiger partial charge in [-0.05, 0) is 12.1 Å². The molecule has 0 spiro atoms. The third-order valence-electron chi connectivity index (χ3n) is 4.78. The van der Waals surface area contributed by atoms with Crippen molar-refractivity contribution in [2.75, 3.05) is 13.7 Å². The Labute approximate surface area is 157 Å². The Morgan fingerprint density at radius 3 is 2.41 bits per heavy atom. The SMILES string of the molecule is CO[C@@H]1C[C@H](OC(=O)c2ccccc2)[C@@H]2OC(c3ccccc3)OC[C@H]2O1. The number of methoxy groups -OCH3 is 1. The number of carbonyl (C=O) groups is 1. The summed E-state index contributed by atoms with van der Waals surface area (Å²) in [5.41, 5.74) is 1.42. The van der Waals surface area contributed by atoms with Gasteiger partial charge in [0.1, 0.15) is 18.3 Å². The molecular weight excluding hydrogens is 348 g/mol. The van der Waals surface area contributed by atoms with Gasteiger partial charge in [-0.25, -0.2) is 4.79 Å². The van der Waals surface area contributed by atoms with Crippen LogP contribution in [0.5, 0.6) is 0 Å². The molecule has 2 aliphatic rings. The highest BCUT2D eigenvalue weighted by Crippen LogP contribution is 2.35. The van der Waals surface area contributed by atoms with Gasteiger partial charge in [-0.1, -0.05) is 48.5 Å². The van der Waals surface area contributed by atoms with Crippen molar-refractivity contribution in [2.45, 2.75) is 37.3 Å². The predicted octanol–water partition coefficient (Wildman–Crippen LogP) is 3.09. The van der Waals surface area contributed by atoms with Gasteiger partial charge in [0.15, 0.2) is 12.6 Å². The molecule has 2 saturated heterocycles. The van der Waals surface area contributed by atoms with Crippen molar-refractivity contribution in [1.82, 2.24) is 0 Å². The van der Waals surface area contributed by atoms with E-state index in [1.165, 1.54) is 0 Å². The van der Waals surface area contributed by atoms with E-state index >= 15 is 0 Å². The molecule has 0 N–H and O–H groups in total. The van der Waals surface area contributed by atoms with E-state index < -0.39 is 24.8 Å². The van der Waals surface area contributed by atoms with Crippen LogP contribution >= 0.6 is 0 Å². The standard InChI is InChI=1S/C21H22O6/c1-23-18-12-16(26-20(22)14-8-4-2-5-9-14)19-17(25-18)13-24-21(27-19)15-10-6-3-7-11-15/h2-11,16-19,21H,12-13H2,1H3/t16-,17+,18-,19-,21?/m0/s1. The van der Waals surface area contributed by atoms with Crippen LogP contribution in [0.15, 0.2) is 60.7 Å². The van der Waals surface area contributed by atoms with Crippen LogP contribution < -0.4 is 0 Å². The Balaban J connectivity index is 1.51. The van der Waals surface area contributed by atoms with Gasteiger partial charge in [-0.15, -0.1) is 0 Å². The van der Waals surface area contributed by atoms with Gasteiger partial charge in [-0.3, -0.25) is 0 Å². The van der Waals surface area contributed by atoms with Gasteiger partial charge in [0.05, 0.1) is 12.2 Å². The molecule has 2 fully saturated rings. The van der Waals surface area contributed by atoms with E-state index in [9.17, 15) is 4.79 Å². The second kappa shape index (κ2) is 8.19. The third-order valence-corrected chi connectivity index (χ3v) is 4.78. The molecule has 0 radical (unpaired) electrons. The normalized spacial score (nSPS) is 30.3. The lowest BCUT2D eigenvalue weighted by atomic mass is 9.99. The lowest BCUT2D eigenvalue weighted by Gasteiger charge is -2.45. The zero-order valence-corrected chi connectivity index (χ0v) is 15.0. The van der Waals surface area contributed by atoms with Crippen molar-refractivity contribution in [3.8, 4) is 0 Å². The topological polar surface area (TPSA) is 63.2 Å². The predicted molar refractivity (Wildman–Crippen MR) is 95.9 cm³/mol. The summed E-state index contributed by atoms with van der Waals surface area (Å²) >= 11 is 0. The van der Waals surface area contributed by atoms with Crippen LogP contribution in [0, 0.1) is 0 Å². The highest BCUT2D eigenvalue weighted by molar-refractivity contribution is 5.89. The molecule has 6 nitrogen and oxygen atoms in total. The summed E-state index contributed by atoms with van der Waals surface area (Å²) in [4.78, 5) is 12.5. The maximum Gasteiger partial charge on any atom is 0.338 e. The molecule has 142 valence electrons. The molecule has 2 aliphatic heterocycles. The Morgan fingerprint density at radius 2 is 1.70 bits per heavy atom. The fourth-order valence-electron chi connectivity index (χ4n) is 3.40. The third kappa shape index (κ3) is 4.04. The first-order valence-electron chi connectivity index (χ1n) is 9.01. The van der Waals surface area contributed by atoms with Gasteiger partial charge < -0.3 is 23.7 Å². The maximum atomic E-state index is 12.5. The summed E-state index contributed by atoms with van der Waals surface area (Å²) < 4.78 is 29.0. The fourth-order valence-corrected chi connectivity index (χ4v) is 3.40. The molecule has 5 atom stereocenters. The van der Waals surface area contributed by atoms with Crippen LogP contribution in [0.3, 0.4) is 0 Å². The molecule has 0 bridgehead atoms. The Kier molecular flexibility index (Phi) is 5.50. The van der Waals surface area contributed by atoms with E-state index in [4.69, 9.17) is 23.7 Å². The molecule has 2 heterocycles. The van der Waals surface area contributed by atoms with Crippen molar-refractivity contribution >= 4 is 5.97 Å². The number of carbonyl (C=O) groups excluding carboxylic acids is 1. The first-order chi connectivity index (χ1) is 13.2. The number of ether oxygens (including phenoxy) is 5. The smallest absolute Gasteiger partial charge is 0.338 e. The second-order valence-corrected chi connectivity index (χ2v) is 6.56. The van der Waals surface area contributed by atoms with Crippen LogP contribution in [0.2, 0.25) is 0 Å². The molecule has 0 saturated carbocycles. The van der Waals surface area contributed by atoms with Gasteiger partial charge in [-0.2, -0.15) is 0 Å². The largest absolute Gasteiger partial charge is 0.456 e. The van der Waals surface area contributed by atoms with E-state index in [1.54, 1.807) is 31.4 Å². The number of benzene rings is 2. The van der Waals surface area contributed by atoms with Crippen molar-refractivity contribution in [2.24, 2.45) is 0 Å². The Morgan fingerprint density at radius 1 is 1.00 bits per heavy atom. The molecule has 2 aromatic carbocycles. The van der Waals surface area contributed by atoms with E-state index in [2.05, 4.69) is 0 Å². The zero-order chi connectivity index (χ0) is 18.6. The summed E-state index contributed by atoms with van der Waals surface area (Å²) in [6, 6.07) is 18.6. The van der Waals surface area contributed by atoms with Crippen molar-refractivity contribution in [3.63, 3.8) is 0 Å². The summed E-state index contributed by atoms with van der Waals surface area (Å²) in [5.74, 6) is -0.387. The minimum atomic E-state index is -0.520. The summed E-state index contributed by atoms with van der Waals surface area (Å²) in [6.45, 7) is 0.337. The average molecular weight is 370 g/mol. The van der Waals surface area contributed by atoms with Crippen LogP contribution in [-0.4, -0.2) is 44.3 Å². The average Bonchev–Trinajstić information content (AvgIpc) is 2.74. The van der Waals surface area contributed by atoms with E-state index in [1.807, 2.05) is 36.4 Å². The van der Waals surface area contributed by atoms with Crippen molar-refractivity contribution in [3.05, 3.63) is 71.8 Å². The van der Waals surface area contributed by atoms with Crippen LogP contribution in [0.1, 0.15) is 28.6 Å². The van der Waals surface area contributed by atoms with Gasteiger partial charge >= 0.3 is 5.97 Å². The number of esters is 1. The first-order valence-corrected chi connectivity index (χ1v) is 9.01. The van der Waals surface area contributed by atoms with Crippen LogP contribution in [-0.2, 0) is 23.7 Å². The minimum absolute atomic E-state index is 0.337. The lowest BCUT2D eigenvalue weighted by molar-refractivity contribution is -0.333. The van der Waals surface area contributed by atoms with Crippen molar-refractivity contribution < 1.29 is 28.5 Å². The van der Waals surface area contributed by atoms with Crippen molar-refractivity contribution in [1.29, 1.82) is 0 Å².